The van der Waals surface area contributed by atoms with Gasteiger partial charge in [0.25, 0.3) is 0 Å². The first-order chi connectivity index (χ1) is 9.15. The Morgan fingerprint density at radius 2 is 2.42 bits per heavy atom. The molecule has 1 aliphatic heterocycles. The number of hydrogen-bond donors (Lipinski definition) is 0. The summed E-state index contributed by atoms with van der Waals surface area (Å²) in [5, 5.41) is 8.93. The maximum Gasteiger partial charge on any atom is 0.331 e. The van der Waals surface area contributed by atoms with Crippen LogP contribution in [0.4, 0.5) is 5.95 Å². The fourth-order valence-corrected chi connectivity index (χ4v) is 1.91. The van der Waals surface area contributed by atoms with Crippen LogP contribution in [-0.4, -0.2) is 48.8 Å². The zero-order chi connectivity index (χ0) is 13.8. The molecule has 0 aliphatic carbocycles. The van der Waals surface area contributed by atoms with Gasteiger partial charge in [-0.3, -0.25) is 0 Å². The van der Waals surface area contributed by atoms with Crippen molar-refractivity contribution in [2.24, 2.45) is 0 Å². The highest BCUT2D eigenvalue weighted by atomic mass is 16.5. The summed E-state index contributed by atoms with van der Waals surface area (Å²) < 4.78 is 10.0. The number of carbonyl (C=O) groups is 1. The smallest absolute Gasteiger partial charge is 0.331 e. The molecule has 2 rings (SSSR count). The number of morpholine rings is 1. The number of nitrogens with zero attached hydrogens (tertiary/aromatic N) is 4. The van der Waals surface area contributed by atoms with Gasteiger partial charge < -0.3 is 14.4 Å². The molecule has 1 fully saturated rings. The molecule has 2 heterocycles. The number of methoxy groups -OCH3 is 1. The summed E-state index contributed by atoms with van der Waals surface area (Å²) in [6, 6.07) is 3.00. The Balaban J connectivity index is 2.35. The summed E-state index contributed by atoms with van der Waals surface area (Å²) in [5.74, 6) is -0.0430. The molecule has 1 unspecified atom stereocenters. The Bertz CT molecular complexity index is 526. The Kier molecular flexibility index (Phi) is 3.92. The van der Waals surface area contributed by atoms with E-state index in [2.05, 4.69) is 9.97 Å². The molecule has 1 aliphatic rings. The average molecular weight is 262 g/mol. The van der Waals surface area contributed by atoms with Crippen LogP contribution in [-0.2, 0) is 14.3 Å². The normalized spacial score (nSPS) is 18.8. The Hall–Kier alpha value is -2.20. The van der Waals surface area contributed by atoms with Crippen molar-refractivity contribution in [1.29, 1.82) is 5.26 Å². The summed E-state index contributed by atoms with van der Waals surface area (Å²) in [4.78, 5) is 21.8. The molecule has 0 N–H and O–H groups in total. The van der Waals surface area contributed by atoms with Gasteiger partial charge >= 0.3 is 5.97 Å². The van der Waals surface area contributed by atoms with Crippen LogP contribution < -0.4 is 4.90 Å². The predicted octanol–water partition coefficient (Wildman–Crippen LogP) is 0.0349. The Morgan fingerprint density at radius 1 is 1.63 bits per heavy atom. The van der Waals surface area contributed by atoms with Crippen molar-refractivity contribution in [2.75, 3.05) is 31.8 Å². The van der Waals surface area contributed by atoms with Gasteiger partial charge in [0.2, 0.25) is 5.95 Å². The average Bonchev–Trinajstić information content (AvgIpc) is 2.45. The lowest BCUT2D eigenvalue weighted by atomic mass is 10.2. The van der Waals surface area contributed by atoms with Gasteiger partial charge in [-0.15, -0.1) is 0 Å². The molecule has 0 spiro atoms. The number of esters is 1. The van der Waals surface area contributed by atoms with E-state index in [0.29, 0.717) is 24.8 Å². The second kappa shape index (κ2) is 5.63. The van der Waals surface area contributed by atoms with Crippen LogP contribution in [0.2, 0.25) is 0 Å². The zero-order valence-electron chi connectivity index (χ0n) is 10.8. The van der Waals surface area contributed by atoms with Crippen LogP contribution in [0.25, 0.3) is 0 Å². The minimum atomic E-state index is -0.577. The van der Waals surface area contributed by atoms with Gasteiger partial charge in [-0.05, 0) is 13.0 Å². The van der Waals surface area contributed by atoms with Gasteiger partial charge in [0.1, 0.15) is 11.8 Å². The molecule has 1 aromatic heterocycles. The van der Waals surface area contributed by atoms with E-state index in [4.69, 9.17) is 14.7 Å². The third-order valence-corrected chi connectivity index (χ3v) is 2.82. The van der Waals surface area contributed by atoms with Crippen molar-refractivity contribution < 1.29 is 14.3 Å². The lowest BCUT2D eigenvalue weighted by Gasteiger charge is -2.33. The number of aromatic nitrogens is 2. The summed E-state index contributed by atoms with van der Waals surface area (Å²) in [5.41, 5.74) is 0.953. The molecule has 0 bridgehead atoms. The van der Waals surface area contributed by atoms with E-state index in [1.165, 1.54) is 7.11 Å². The van der Waals surface area contributed by atoms with Crippen molar-refractivity contribution in [1.82, 2.24) is 9.97 Å². The van der Waals surface area contributed by atoms with Gasteiger partial charge in [0.05, 0.1) is 20.3 Å². The van der Waals surface area contributed by atoms with Gasteiger partial charge in [0, 0.05) is 12.2 Å². The second-order valence-electron chi connectivity index (χ2n) is 4.11. The third-order valence-electron chi connectivity index (χ3n) is 2.82. The first kappa shape index (κ1) is 13.2. The largest absolute Gasteiger partial charge is 0.467 e. The highest BCUT2D eigenvalue weighted by Crippen LogP contribution is 2.17. The van der Waals surface area contributed by atoms with Crippen LogP contribution in [0.5, 0.6) is 0 Å². The Labute approximate surface area is 110 Å². The Morgan fingerprint density at radius 3 is 3.11 bits per heavy atom. The van der Waals surface area contributed by atoms with E-state index in [9.17, 15) is 4.79 Å². The molecule has 1 aromatic rings. The molecule has 1 atom stereocenters. The van der Waals surface area contributed by atoms with Crippen LogP contribution in [0.3, 0.4) is 0 Å². The summed E-state index contributed by atoms with van der Waals surface area (Å²) >= 11 is 0. The maximum absolute atomic E-state index is 11.7. The van der Waals surface area contributed by atoms with Crippen LogP contribution in [0, 0.1) is 18.3 Å². The van der Waals surface area contributed by atoms with Gasteiger partial charge in [-0.25, -0.2) is 14.8 Å². The molecule has 0 amide bonds. The summed E-state index contributed by atoms with van der Waals surface area (Å²) in [7, 11) is 1.33. The molecule has 7 heteroatoms. The summed E-state index contributed by atoms with van der Waals surface area (Å²) in [6.07, 6.45) is 0. The van der Waals surface area contributed by atoms with Crippen molar-refractivity contribution in [3.8, 4) is 6.07 Å². The minimum Gasteiger partial charge on any atom is -0.467 e. The van der Waals surface area contributed by atoms with E-state index in [1.807, 2.05) is 6.07 Å². The fourth-order valence-electron chi connectivity index (χ4n) is 1.91. The quantitative estimate of drug-likeness (QED) is 0.695. The van der Waals surface area contributed by atoms with Crippen LogP contribution in [0.15, 0.2) is 6.07 Å². The number of aryl methyl sites for hydroxylation is 1. The third kappa shape index (κ3) is 2.80. The fraction of sp³-hybridized carbons (Fsp3) is 0.500. The maximum atomic E-state index is 11.7. The molecule has 1 saturated heterocycles. The minimum absolute atomic E-state index is 0.228. The number of anilines is 1. The first-order valence-corrected chi connectivity index (χ1v) is 5.83. The monoisotopic (exact) mass is 262 g/mol. The van der Waals surface area contributed by atoms with Crippen molar-refractivity contribution in [3.63, 3.8) is 0 Å². The molecule has 7 nitrogen and oxygen atoms in total. The first-order valence-electron chi connectivity index (χ1n) is 5.83. The highest BCUT2D eigenvalue weighted by molar-refractivity contribution is 5.79. The number of rotatable bonds is 2. The van der Waals surface area contributed by atoms with Crippen molar-refractivity contribution in [2.45, 2.75) is 13.0 Å². The lowest BCUT2D eigenvalue weighted by molar-refractivity contribution is -0.144. The standard InChI is InChI=1S/C12H14N4O3/c1-8-5-9(6-13)15-12(14-8)16-3-4-19-7-10(16)11(17)18-2/h5,10H,3-4,7H2,1-2H3. The second-order valence-corrected chi connectivity index (χ2v) is 4.11. The van der Waals surface area contributed by atoms with E-state index < -0.39 is 12.0 Å². The molecular formula is C12H14N4O3. The number of nitriles is 1. The van der Waals surface area contributed by atoms with E-state index in [0.717, 1.165) is 0 Å². The number of carbonyl (C=O) groups excluding carboxylic acids is 1. The number of ether oxygens (including phenoxy) is 2. The lowest BCUT2D eigenvalue weighted by Crippen LogP contribution is -2.51. The van der Waals surface area contributed by atoms with Crippen LogP contribution >= 0.6 is 0 Å². The van der Waals surface area contributed by atoms with E-state index in [1.54, 1.807) is 17.9 Å². The molecule has 0 saturated carbocycles. The molecule has 19 heavy (non-hydrogen) atoms. The highest BCUT2D eigenvalue weighted by Gasteiger charge is 2.32. The molecule has 0 aromatic carbocycles. The molecule has 100 valence electrons. The van der Waals surface area contributed by atoms with Crippen LogP contribution in [0.1, 0.15) is 11.4 Å². The van der Waals surface area contributed by atoms with E-state index >= 15 is 0 Å². The topological polar surface area (TPSA) is 88.3 Å². The number of hydrogen-bond acceptors (Lipinski definition) is 7. The summed E-state index contributed by atoms with van der Waals surface area (Å²) in [6.45, 7) is 2.96. The van der Waals surface area contributed by atoms with Gasteiger partial charge in [0.15, 0.2) is 6.04 Å². The zero-order valence-corrected chi connectivity index (χ0v) is 10.8. The van der Waals surface area contributed by atoms with Gasteiger partial charge in [-0.1, -0.05) is 0 Å². The van der Waals surface area contributed by atoms with Gasteiger partial charge in [-0.2, -0.15) is 5.26 Å². The molecular weight excluding hydrogens is 248 g/mol. The predicted molar refractivity (Wildman–Crippen MR) is 65.5 cm³/mol. The van der Waals surface area contributed by atoms with Crippen molar-refractivity contribution >= 4 is 11.9 Å². The SMILES string of the molecule is COC(=O)C1COCCN1c1nc(C)cc(C#N)n1. The van der Waals surface area contributed by atoms with E-state index in [-0.39, 0.29) is 12.3 Å². The molecule has 0 radical (unpaired) electrons. The van der Waals surface area contributed by atoms with Crippen molar-refractivity contribution in [3.05, 3.63) is 17.5 Å².